The molecule has 1 heterocycles. The maximum atomic E-state index is 5.74. The summed E-state index contributed by atoms with van der Waals surface area (Å²) in [6.45, 7) is 4.19. The van der Waals surface area contributed by atoms with Crippen LogP contribution in [0.1, 0.15) is 22.5 Å². The SMILES string of the molecule is Cc1ccc(Cc2n[nH]c(=S)n2N)cc1C. The number of benzene rings is 1. The Morgan fingerprint density at radius 3 is 2.69 bits per heavy atom. The maximum Gasteiger partial charge on any atom is 0.214 e. The highest BCUT2D eigenvalue weighted by Gasteiger charge is 2.05. The topological polar surface area (TPSA) is 59.6 Å². The third-order valence-corrected chi connectivity index (χ3v) is 3.00. The highest BCUT2D eigenvalue weighted by molar-refractivity contribution is 7.71. The smallest absolute Gasteiger partial charge is 0.214 e. The van der Waals surface area contributed by atoms with Gasteiger partial charge >= 0.3 is 0 Å². The molecule has 0 atom stereocenters. The second kappa shape index (κ2) is 4.09. The fourth-order valence-electron chi connectivity index (χ4n) is 1.56. The molecule has 0 spiro atoms. The van der Waals surface area contributed by atoms with Crippen molar-refractivity contribution in [2.45, 2.75) is 20.3 Å². The van der Waals surface area contributed by atoms with E-state index >= 15 is 0 Å². The molecule has 16 heavy (non-hydrogen) atoms. The Hall–Kier alpha value is -1.62. The zero-order valence-corrected chi connectivity index (χ0v) is 10.1. The summed E-state index contributed by atoms with van der Waals surface area (Å²) in [5, 5.41) is 6.76. The van der Waals surface area contributed by atoms with E-state index in [1.807, 2.05) is 0 Å². The molecule has 0 aliphatic heterocycles. The Kier molecular flexibility index (Phi) is 2.78. The van der Waals surface area contributed by atoms with Gasteiger partial charge in [-0.2, -0.15) is 5.10 Å². The molecule has 0 bridgehead atoms. The van der Waals surface area contributed by atoms with Crippen LogP contribution in [0.5, 0.6) is 0 Å². The van der Waals surface area contributed by atoms with Gasteiger partial charge in [-0.25, -0.2) is 4.68 Å². The van der Waals surface area contributed by atoms with Gasteiger partial charge in [-0.1, -0.05) is 18.2 Å². The lowest BCUT2D eigenvalue weighted by atomic mass is 10.0. The van der Waals surface area contributed by atoms with Crippen molar-refractivity contribution in [1.82, 2.24) is 14.9 Å². The van der Waals surface area contributed by atoms with Crippen LogP contribution in [0.25, 0.3) is 0 Å². The lowest BCUT2D eigenvalue weighted by molar-refractivity contribution is 0.867. The number of nitrogen functional groups attached to an aromatic ring is 1. The number of H-pyrrole nitrogens is 1. The first-order chi connectivity index (χ1) is 7.58. The number of hydrogen-bond acceptors (Lipinski definition) is 3. The monoisotopic (exact) mass is 234 g/mol. The van der Waals surface area contributed by atoms with Crippen molar-refractivity contribution in [3.63, 3.8) is 0 Å². The van der Waals surface area contributed by atoms with Crippen molar-refractivity contribution < 1.29 is 0 Å². The Balaban J connectivity index is 2.31. The summed E-state index contributed by atoms with van der Waals surface area (Å²) in [5.41, 5.74) is 3.74. The molecule has 0 amide bonds. The van der Waals surface area contributed by atoms with Gasteiger partial charge < -0.3 is 5.84 Å². The third kappa shape index (κ3) is 1.99. The Labute approximate surface area is 99.1 Å². The molecule has 0 saturated heterocycles. The first-order valence-electron chi connectivity index (χ1n) is 5.05. The molecular weight excluding hydrogens is 220 g/mol. The van der Waals surface area contributed by atoms with Crippen LogP contribution in [0, 0.1) is 18.6 Å². The van der Waals surface area contributed by atoms with Gasteiger partial charge in [0.1, 0.15) is 0 Å². The molecule has 3 N–H and O–H groups in total. The summed E-state index contributed by atoms with van der Waals surface area (Å²) in [5.74, 6) is 6.48. The Bertz CT molecular complexity index is 568. The van der Waals surface area contributed by atoms with Crippen LogP contribution in [-0.4, -0.2) is 14.9 Å². The van der Waals surface area contributed by atoms with Crippen LogP contribution in [0.2, 0.25) is 0 Å². The van der Waals surface area contributed by atoms with Crippen LogP contribution in [0.3, 0.4) is 0 Å². The van der Waals surface area contributed by atoms with E-state index in [4.69, 9.17) is 18.1 Å². The van der Waals surface area contributed by atoms with E-state index in [0.29, 0.717) is 11.2 Å². The lowest BCUT2D eigenvalue weighted by Gasteiger charge is -2.04. The number of nitrogens with two attached hydrogens (primary N) is 1. The molecule has 0 aliphatic rings. The predicted octanol–water partition coefficient (Wildman–Crippen LogP) is 1.86. The quantitative estimate of drug-likeness (QED) is 0.616. The molecule has 2 rings (SSSR count). The van der Waals surface area contributed by atoms with Gasteiger partial charge in [-0.15, -0.1) is 0 Å². The van der Waals surface area contributed by atoms with Crippen molar-refractivity contribution in [3.05, 3.63) is 45.5 Å². The maximum absolute atomic E-state index is 5.74. The fourth-order valence-corrected chi connectivity index (χ4v) is 1.71. The van der Waals surface area contributed by atoms with E-state index < -0.39 is 0 Å². The van der Waals surface area contributed by atoms with Crippen LogP contribution in [0.4, 0.5) is 0 Å². The van der Waals surface area contributed by atoms with E-state index in [1.165, 1.54) is 21.4 Å². The summed E-state index contributed by atoms with van der Waals surface area (Å²) in [6, 6.07) is 6.33. The minimum atomic E-state index is 0.443. The number of aromatic nitrogens is 3. The van der Waals surface area contributed by atoms with Gasteiger partial charge in [-0.05, 0) is 42.8 Å². The number of nitrogens with zero attached hydrogens (tertiary/aromatic N) is 2. The minimum absolute atomic E-state index is 0.443. The molecule has 2 aromatic rings. The number of nitrogens with one attached hydrogen (secondary N) is 1. The molecule has 0 unspecified atom stereocenters. The van der Waals surface area contributed by atoms with Crippen LogP contribution >= 0.6 is 12.2 Å². The molecular formula is C11H14N4S. The summed E-state index contributed by atoms with van der Waals surface area (Å²) >= 11 is 4.96. The molecule has 0 saturated carbocycles. The molecule has 1 aromatic heterocycles. The van der Waals surface area contributed by atoms with E-state index in [1.54, 1.807) is 0 Å². The normalized spacial score (nSPS) is 10.6. The summed E-state index contributed by atoms with van der Waals surface area (Å²) < 4.78 is 1.85. The molecule has 5 heteroatoms. The number of hydrogen-bond donors (Lipinski definition) is 2. The lowest BCUT2D eigenvalue weighted by Crippen LogP contribution is -2.13. The van der Waals surface area contributed by atoms with Gasteiger partial charge in [-0.3, -0.25) is 5.10 Å². The van der Waals surface area contributed by atoms with Crippen molar-refractivity contribution in [2.75, 3.05) is 5.84 Å². The summed E-state index contributed by atoms with van der Waals surface area (Å²) in [4.78, 5) is 0. The highest BCUT2D eigenvalue weighted by Crippen LogP contribution is 2.12. The minimum Gasteiger partial charge on any atom is -0.335 e. The van der Waals surface area contributed by atoms with E-state index in [9.17, 15) is 0 Å². The summed E-state index contributed by atoms with van der Waals surface area (Å²) in [6.07, 6.45) is 0.685. The van der Waals surface area contributed by atoms with Gasteiger partial charge in [0.15, 0.2) is 5.82 Å². The zero-order chi connectivity index (χ0) is 11.7. The van der Waals surface area contributed by atoms with Crippen molar-refractivity contribution in [2.24, 2.45) is 0 Å². The van der Waals surface area contributed by atoms with Crippen molar-refractivity contribution in [1.29, 1.82) is 0 Å². The summed E-state index contributed by atoms with van der Waals surface area (Å²) in [7, 11) is 0. The number of aryl methyl sites for hydroxylation is 2. The van der Waals surface area contributed by atoms with Gasteiger partial charge in [0, 0.05) is 6.42 Å². The molecule has 0 radical (unpaired) electrons. The number of aromatic amines is 1. The average Bonchev–Trinajstić information content (AvgIpc) is 2.55. The molecule has 0 aliphatic carbocycles. The number of rotatable bonds is 2. The molecule has 0 fully saturated rings. The van der Waals surface area contributed by atoms with Crippen LogP contribution < -0.4 is 5.84 Å². The average molecular weight is 234 g/mol. The van der Waals surface area contributed by atoms with Gasteiger partial charge in [0.25, 0.3) is 0 Å². The van der Waals surface area contributed by atoms with Crippen LogP contribution in [0.15, 0.2) is 18.2 Å². The molecule has 1 aromatic carbocycles. The second-order valence-electron chi connectivity index (χ2n) is 3.91. The first kappa shape index (κ1) is 10.9. The second-order valence-corrected chi connectivity index (χ2v) is 4.30. The van der Waals surface area contributed by atoms with Crippen molar-refractivity contribution in [3.8, 4) is 0 Å². The molecule has 4 nitrogen and oxygen atoms in total. The highest BCUT2D eigenvalue weighted by atomic mass is 32.1. The van der Waals surface area contributed by atoms with Crippen LogP contribution in [-0.2, 0) is 6.42 Å². The Morgan fingerprint density at radius 2 is 2.12 bits per heavy atom. The standard InChI is InChI=1S/C11H14N4S/c1-7-3-4-9(5-8(7)2)6-10-13-14-11(16)15(10)12/h3-5H,6,12H2,1-2H3,(H,14,16). The van der Waals surface area contributed by atoms with Crippen molar-refractivity contribution >= 4 is 12.2 Å². The van der Waals surface area contributed by atoms with Gasteiger partial charge in [0.05, 0.1) is 0 Å². The third-order valence-electron chi connectivity index (χ3n) is 2.71. The van der Waals surface area contributed by atoms with E-state index in [2.05, 4.69) is 42.2 Å². The fraction of sp³-hybridized carbons (Fsp3) is 0.273. The van der Waals surface area contributed by atoms with E-state index in [-0.39, 0.29) is 0 Å². The molecule has 84 valence electrons. The van der Waals surface area contributed by atoms with E-state index in [0.717, 1.165) is 5.82 Å². The zero-order valence-electron chi connectivity index (χ0n) is 9.32. The first-order valence-corrected chi connectivity index (χ1v) is 5.46. The Morgan fingerprint density at radius 1 is 1.38 bits per heavy atom. The largest absolute Gasteiger partial charge is 0.335 e. The predicted molar refractivity (Wildman–Crippen MR) is 66.3 cm³/mol. The van der Waals surface area contributed by atoms with Gasteiger partial charge in [0.2, 0.25) is 4.77 Å².